The zero-order valence-corrected chi connectivity index (χ0v) is 23.5. The number of halogens is 1. The Morgan fingerprint density at radius 1 is 1.00 bits per heavy atom. The fourth-order valence-electron chi connectivity index (χ4n) is 5.76. The lowest BCUT2D eigenvalue weighted by atomic mass is 9.77. The van der Waals surface area contributed by atoms with Crippen LogP contribution in [0.15, 0.2) is 71.2 Å². The quantitative estimate of drug-likeness (QED) is 0.330. The van der Waals surface area contributed by atoms with Gasteiger partial charge in [-0.05, 0) is 78.0 Å². The molecule has 37 heavy (non-hydrogen) atoms. The first-order chi connectivity index (χ1) is 17.9. The molecule has 0 bridgehead atoms. The number of benzene rings is 3. The van der Waals surface area contributed by atoms with Crippen LogP contribution in [0.3, 0.4) is 0 Å². The molecule has 5 heteroatoms. The number of hydrogen-bond donors (Lipinski definition) is 1. The molecule has 0 aromatic heterocycles. The second-order valence-corrected chi connectivity index (χ2v) is 11.4. The molecule has 5 atom stereocenters. The number of hydrogen-bond acceptors (Lipinski definition) is 4. The topological polar surface area (TPSA) is 47.9 Å². The van der Waals surface area contributed by atoms with E-state index in [4.69, 9.17) is 14.2 Å². The van der Waals surface area contributed by atoms with E-state index in [1.54, 1.807) is 0 Å². The van der Waals surface area contributed by atoms with Crippen molar-refractivity contribution in [1.82, 2.24) is 0 Å². The lowest BCUT2D eigenvalue weighted by molar-refractivity contribution is -0.346. The minimum Gasteiger partial charge on any atom is -0.493 e. The number of rotatable bonds is 7. The minimum atomic E-state index is -1.54. The Morgan fingerprint density at radius 3 is 2.59 bits per heavy atom. The number of aryl methyl sites for hydroxylation is 1. The average molecular weight is 566 g/mol. The van der Waals surface area contributed by atoms with Gasteiger partial charge in [0, 0.05) is 10.0 Å². The Hall–Kier alpha value is -2.18. The summed E-state index contributed by atoms with van der Waals surface area (Å²) in [5.74, 6) is -0.167. The highest BCUT2D eigenvalue weighted by molar-refractivity contribution is 9.10. The van der Waals surface area contributed by atoms with E-state index in [2.05, 4.69) is 61.0 Å². The third-order valence-corrected chi connectivity index (χ3v) is 8.89. The number of aliphatic hydroxyl groups is 1. The summed E-state index contributed by atoms with van der Waals surface area (Å²) in [6.07, 6.45) is 3.13. The smallest absolute Gasteiger partial charge is 0.220 e. The molecule has 1 fully saturated rings. The van der Waals surface area contributed by atoms with Gasteiger partial charge in [-0.25, -0.2) is 0 Å². The first-order valence-corrected chi connectivity index (χ1v) is 14.3. The Balaban J connectivity index is 1.46. The van der Waals surface area contributed by atoms with E-state index in [1.807, 2.05) is 42.5 Å². The van der Waals surface area contributed by atoms with Crippen LogP contribution in [0.5, 0.6) is 5.75 Å². The SMILES string of the molecule is CC[C@H]1OC(O)(c2ccc(Br)c(Cc3ccc4c(c3)CCCO4)c2)[C@H](OCc2ccccc2)[C@@H](C)[C@@H]1C. The van der Waals surface area contributed by atoms with Crippen LogP contribution in [0.2, 0.25) is 0 Å². The first-order valence-electron chi connectivity index (χ1n) is 13.5. The van der Waals surface area contributed by atoms with Gasteiger partial charge in [0.05, 0.1) is 19.3 Å². The zero-order valence-electron chi connectivity index (χ0n) is 22.0. The molecule has 3 aromatic rings. The summed E-state index contributed by atoms with van der Waals surface area (Å²) in [4.78, 5) is 0. The van der Waals surface area contributed by atoms with Crippen molar-refractivity contribution < 1.29 is 19.3 Å². The molecular weight excluding hydrogens is 528 g/mol. The molecule has 0 radical (unpaired) electrons. The van der Waals surface area contributed by atoms with Crippen LogP contribution in [0.4, 0.5) is 0 Å². The summed E-state index contributed by atoms with van der Waals surface area (Å²) in [5.41, 5.74) is 5.42. The van der Waals surface area contributed by atoms with Gasteiger partial charge in [-0.1, -0.05) is 85.2 Å². The highest BCUT2D eigenvalue weighted by Gasteiger charge is 2.52. The molecule has 1 saturated heterocycles. The van der Waals surface area contributed by atoms with E-state index >= 15 is 0 Å². The molecule has 1 unspecified atom stereocenters. The third-order valence-electron chi connectivity index (χ3n) is 8.11. The minimum absolute atomic E-state index is 0.0516. The van der Waals surface area contributed by atoms with E-state index in [1.165, 1.54) is 11.1 Å². The molecule has 3 aromatic carbocycles. The largest absolute Gasteiger partial charge is 0.493 e. The van der Waals surface area contributed by atoms with Crippen molar-refractivity contribution in [3.63, 3.8) is 0 Å². The van der Waals surface area contributed by atoms with Crippen LogP contribution in [0.25, 0.3) is 0 Å². The van der Waals surface area contributed by atoms with E-state index < -0.39 is 11.9 Å². The van der Waals surface area contributed by atoms with Crippen LogP contribution in [0, 0.1) is 11.8 Å². The maximum absolute atomic E-state index is 12.2. The molecule has 196 valence electrons. The van der Waals surface area contributed by atoms with Crippen molar-refractivity contribution in [3.8, 4) is 5.75 Å². The molecule has 2 heterocycles. The average Bonchev–Trinajstić information content (AvgIpc) is 2.92. The normalized spacial score (nSPS) is 27.4. The Kier molecular flexibility index (Phi) is 8.06. The molecular formula is C32H37BrO4. The van der Waals surface area contributed by atoms with Crippen molar-refractivity contribution in [2.45, 2.75) is 71.1 Å². The fraction of sp³-hybridized carbons (Fsp3) is 0.438. The van der Waals surface area contributed by atoms with Gasteiger partial charge < -0.3 is 19.3 Å². The fourth-order valence-corrected chi connectivity index (χ4v) is 6.15. The van der Waals surface area contributed by atoms with Crippen molar-refractivity contribution in [2.75, 3.05) is 6.61 Å². The van der Waals surface area contributed by atoms with Crippen LogP contribution >= 0.6 is 15.9 Å². The summed E-state index contributed by atoms with van der Waals surface area (Å²) in [6.45, 7) is 7.70. The standard InChI is InChI=1S/C32H37BrO4/c1-4-29-21(2)22(3)31(36-20-23-9-6-5-7-10-23)32(34,37-29)27-13-14-28(33)26(19-27)18-24-12-15-30-25(17-24)11-8-16-35-30/h5-7,9-10,12-15,17,19,21-22,29,31,34H,4,8,11,16,18,20H2,1-3H3/t21-,22-,29+,31+,32?/m0/s1. The van der Waals surface area contributed by atoms with E-state index in [0.717, 1.165) is 59.2 Å². The van der Waals surface area contributed by atoms with E-state index in [-0.39, 0.29) is 17.9 Å². The van der Waals surface area contributed by atoms with Crippen molar-refractivity contribution in [3.05, 3.63) is 99.0 Å². The van der Waals surface area contributed by atoms with Gasteiger partial charge in [-0.15, -0.1) is 0 Å². The molecule has 4 nitrogen and oxygen atoms in total. The lowest BCUT2D eigenvalue weighted by Gasteiger charge is -2.49. The molecule has 0 amide bonds. The van der Waals surface area contributed by atoms with Crippen molar-refractivity contribution in [1.29, 1.82) is 0 Å². The zero-order chi connectivity index (χ0) is 26.0. The molecule has 2 aliphatic rings. The Bertz CT molecular complexity index is 1210. The molecule has 1 N–H and O–H groups in total. The van der Waals surface area contributed by atoms with Gasteiger partial charge in [-0.3, -0.25) is 0 Å². The summed E-state index contributed by atoms with van der Waals surface area (Å²) in [5, 5.41) is 12.2. The number of fused-ring (bicyclic) bond motifs is 1. The van der Waals surface area contributed by atoms with Gasteiger partial charge in [-0.2, -0.15) is 0 Å². The Morgan fingerprint density at radius 2 is 1.81 bits per heavy atom. The summed E-state index contributed by atoms with van der Waals surface area (Å²) < 4.78 is 19.8. The summed E-state index contributed by atoms with van der Waals surface area (Å²) in [7, 11) is 0. The van der Waals surface area contributed by atoms with Crippen LogP contribution < -0.4 is 4.74 Å². The predicted molar refractivity (Wildman–Crippen MR) is 150 cm³/mol. The highest BCUT2D eigenvalue weighted by Crippen LogP contribution is 2.45. The molecule has 2 aliphatic heterocycles. The number of ether oxygens (including phenoxy) is 3. The first kappa shape index (κ1) is 26.4. The summed E-state index contributed by atoms with van der Waals surface area (Å²) in [6, 6.07) is 22.6. The van der Waals surface area contributed by atoms with Crippen LogP contribution in [-0.4, -0.2) is 23.9 Å². The van der Waals surface area contributed by atoms with Crippen molar-refractivity contribution >= 4 is 15.9 Å². The summed E-state index contributed by atoms with van der Waals surface area (Å²) >= 11 is 3.75. The second-order valence-electron chi connectivity index (χ2n) is 10.6. The molecule has 0 aliphatic carbocycles. The second kappa shape index (κ2) is 11.3. The maximum atomic E-state index is 12.2. The van der Waals surface area contributed by atoms with Gasteiger partial charge in [0.25, 0.3) is 0 Å². The van der Waals surface area contributed by atoms with Gasteiger partial charge in [0.15, 0.2) is 0 Å². The van der Waals surface area contributed by atoms with Crippen LogP contribution in [-0.2, 0) is 34.7 Å². The molecule has 0 spiro atoms. The van der Waals surface area contributed by atoms with Gasteiger partial charge in [0.2, 0.25) is 5.79 Å². The lowest BCUT2D eigenvalue weighted by Crippen LogP contribution is -2.57. The van der Waals surface area contributed by atoms with Crippen molar-refractivity contribution in [2.24, 2.45) is 11.8 Å². The van der Waals surface area contributed by atoms with Crippen LogP contribution in [0.1, 0.15) is 61.4 Å². The van der Waals surface area contributed by atoms with E-state index in [0.29, 0.717) is 6.61 Å². The van der Waals surface area contributed by atoms with Gasteiger partial charge in [0.1, 0.15) is 11.9 Å². The predicted octanol–water partition coefficient (Wildman–Crippen LogP) is 7.18. The molecule has 0 saturated carbocycles. The monoisotopic (exact) mass is 564 g/mol. The van der Waals surface area contributed by atoms with Gasteiger partial charge >= 0.3 is 0 Å². The van der Waals surface area contributed by atoms with E-state index in [9.17, 15) is 5.11 Å². The maximum Gasteiger partial charge on any atom is 0.220 e. The highest BCUT2D eigenvalue weighted by atomic mass is 79.9. The molecule has 5 rings (SSSR count). The Labute approximate surface area is 229 Å². The third kappa shape index (κ3) is 5.51.